The molecule has 3 aromatic rings. The van der Waals surface area contributed by atoms with Crippen LogP contribution in [-0.2, 0) is 4.74 Å². The number of fused-ring (bicyclic) bond motifs is 1. The first-order valence-corrected chi connectivity index (χ1v) is 12.3. The van der Waals surface area contributed by atoms with Gasteiger partial charge in [-0.2, -0.15) is 0 Å². The third kappa shape index (κ3) is 4.72. The number of benzene rings is 1. The highest BCUT2D eigenvalue weighted by Gasteiger charge is 2.26. The zero-order chi connectivity index (χ0) is 22.8. The van der Waals surface area contributed by atoms with Gasteiger partial charge in [0.05, 0.1) is 29.2 Å². The van der Waals surface area contributed by atoms with E-state index in [1.807, 2.05) is 54.3 Å². The van der Waals surface area contributed by atoms with Gasteiger partial charge >= 0.3 is 0 Å². The van der Waals surface area contributed by atoms with Gasteiger partial charge in [-0.1, -0.05) is 18.2 Å². The molecular weight excluding hydrogens is 436 g/mol. The molecule has 8 heteroatoms. The number of nitrogens with one attached hydrogen (secondary N) is 1. The largest absolute Gasteiger partial charge is 0.378 e. The minimum absolute atomic E-state index is 0.00812. The lowest BCUT2D eigenvalue weighted by Gasteiger charge is -2.34. The molecule has 2 saturated heterocycles. The zero-order valence-corrected chi connectivity index (χ0v) is 19.6. The van der Waals surface area contributed by atoms with Gasteiger partial charge in [0, 0.05) is 42.5 Å². The molecule has 2 fully saturated rings. The lowest BCUT2D eigenvalue weighted by molar-refractivity contribution is 0.0304. The van der Waals surface area contributed by atoms with E-state index in [2.05, 4.69) is 10.2 Å². The summed E-state index contributed by atoms with van der Waals surface area (Å²) < 4.78 is 5.42. The fraction of sp³-hybridized carbons (Fsp3) is 0.400. The Morgan fingerprint density at radius 1 is 1.06 bits per heavy atom. The maximum atomic E-state index is 13.3. The fourth-order valence-electron chi connectivity index (χ4n) is 4.50. The van der Waals surface area contributed by atoms with Crippen molar-refractivity contribution in [3.05, 3.63) is 57.8 Å². The van der Waals surface area contributed by atoms with Crippen LogP contribution in [0.4, 0.5) is 5.82 Å². The van der Waals surface area contributed by atoms with Crippen LogP contribution in [0.2, 0.25) is 0 Å². The minimum Gasteiger partial charge on any atom is -0.378 e. The quantitative estimate of drug-likeness (QED) is 0.640. The Kier molecular flexibility index (Phi) is 6.28. The van der Waals surface area contributed by atoms with Crippen molar-refractivity contribution in [3.63, 3.8) is 0 Å². The number of aryl methyl sites for hydroxylation is 1. The number of amides is 2. The van der Waals surface area contributed by atoms with E-state index in [1.165, 1.54) is 11.3 Å². The van der Waals surface area contributed by atoms with Crippen LogP contribution < -0.4 is 10.2 Å². The molecule has 0 saturated carbocycles. The van der Waals surface area contributed by atoms with E-state index in [-0.39, 0.29) is 17.9 Å². The van der Waals surface area contributed by atoms with E-state index in [0.717, 1.165) is 52.4 Å². The molecule has 172 valence electrons. The maximum Gasteiger partial charge on any atom is 0.261 e. The zero-order valence-electron chi connectivity index (χ0n) is 18.8. The molecule has 33 heavy (non-hydrogen) atoms. The van der Waals surface area contributed by atoms with Crippen LogP contribution in [-0.4, -0.2) is 67.1 Å². The Morgan fingerprint density at radius 3 is 2.55 bits per heavy atom. The van der Waals surface area contributed by atoms with Crippen LogP contribution in [0.1, 0.15) is 37.7 Å². The Morgan fingerprint density at radius 2 is 1.82 bits per heavy atom. The van der Waals surface area contributed by atoms with Crippen LogP contribution >= 0.6 is 11.3 Å². The summed E-state index contributed by atoms with van der Waals surface area (Å²) in [6.07, 6.45) is 1.69. The second kappa shape index (κ2) is 9.49. The maximum absolute atomic E-state index is 13.3. The number of anilines is 1. The average molecular weight is 465 g/mol. The molecule has 1 aromatic carbocycles. The molecule has 2 amide bonds. The lowest BCUT2D eigenvalue weighted by Crippen LogP contribution is -2.45. The first-order valence-electron chi connectivity index (χ1n) is 11.5. The summed E-state index contributed by atoms with van der Waals surface area (Å²) in [5.74, 6) is 0.865. The Bertz CT molecular complexity index is 1160. The third-order valence-electron chi connectivity index (χ3n) is 6.35. The van der Waals surface area contributed by atoms with Crippen molar-refractivity contribution >= 4 is 39.9 Å². The molecule has 1 N–H and O–H groups in total. The number of morpholine rings is 1. The summed E-state index contributed by atoms with van der Waals surface area (Å²) in [5.41, 5.74) is 1.52. The summed E-state index contributed by atoms with van der Waals surface area (Å²) in [7, 11) is 0. The average Bonchev–Trinajstić information content (AvgIpc) is 3.30. The predicted molar refractivity (Wildman–Crippen MR) is 130 cm³/mol. The number of hydrogen-bond donors (Lipinski definition) is 1. The highest BCUT2D eigenvalue weighted by atomic mass is 32.1. The van der Waals surface area contributed by atoms with Gasteiger partial charge < -0.3 is 19.9 Å². The molecule has 2 aliphatic heterocycles. The predicted octanol–water partition coefficient (Wildman–Crippen LogP) is 3.48. The summed E-state index contributed by atoms with van der Waals surface area (Å²) in [6, 6.07) is 13.8. The van der Waals surface area contributed by atoms with E-state index < -0.39 is 0 Å². The highest BCUT2D eigenvalue weighted by molar-refractivity contribution is 7.13. The van der Waals surface area contributed by atoms with Gasteiger partial charge in [-0.3, -0.25) is 9.59 Å². The Hall–Kier alpha value is -2.97. The summed E-state index contributed by atoms with van der Waals surface area (Å²) in [5, 5.41) is 4.06. The van der Waals surface area contributed by atoms with E-state index >= 15 is 0 Å². The molecule has 0 unspecified atom stereocenters. The van der Waals surface area contributed by atoms with Crippen LogP contribution in [0.3, 0.4) is 0 Å². The smallest absolute Gasteiger partial charge is 0.261 e. The van der Waals surface area contributed by atoms with Crippen molar-refractivity contribution in [1.82, 2.24) is 15.2 Å². The van der Waals surface area contributed by atoms with Crippen molar-refractivity contribution in [2.24, 2.45) is 0 Å². The molecule has 0 atom stereocenters. The molecule has 0 spiro atoms. The van der Waals surface area contributed by atoms with Crippen molar-refractivity contribution < 1.29 is 14.3 Å². The van der Waals surface area contributed by atoms with Crippen molar-refractivity contribution in [1.29, 1.82) is 0 Å². The van der Waals surface area contributed by atoms with E-state index in [0.29, 0.717) is 31.9 Å². The van der Waals surface area contributed by atoms with E-state index in [1.54, 1.807) is 0 Å². The molecule has 7 nitrogen and oxygen atoms in total. The SMILES string of the molecule is Cc1ccc(C(=O)NC2CCN(c3cc(C(=O)N4CCOCC4)c4ccccc4n3)CC2)s1. The molecule has 2 aromatic heterocycles. The van der Waals surface area contributed by atoms with Crippen molar-refractivity contribution in [3.8, 4) is 0 Å². The lowest BCUT2D eigenvalue weighted by atomic mass is 10.0. The summed E-state index contributed by atoms with van der Waals surface area (Å²) in [4.78, 5) is 36.7. The van der Waals surface area contributed by atoms with Crippen LogP contribution in [0.5, 0.6) is 0 Å². The third-order valence-corrected chi connectivity index (χ3v) is 7.35. The van der Waals surface area contributed by atoms with E-state index in [9.17, 15) is 9.59 Å². The number of para-hydroxylation sites is 1. The number of piperidine rings is 1. The van der Waals surface area contributed by atoms with Crippen molar-refractivity contribution in [2.75, 3.05) is 44.3 Å². The number of thiophene rings is 1. The second-order valence-corrected chi connectivity index (χ2v) is 9.88. The van der Waals surface area contributed by atoms with Gasteiger partial charge in [0.15, 0.2) is 0 Å². The first-order chi connectivity index (χ1) is 16.1. The molecule has 0 aliphatic carbocycles. The van der Waals surface area contributed by atoms with Crippen LogP contribution in [0.15, 0.2) is 42.5 Å². The monoisotopic (exact) mass is 464 g/mol. The second-order valence-electron chi connectivity index (χ2n) is 8.59. The van der Waals surface area contributed by atoms with Gasteiger partial charge in [-0.15, -0.1) is 11.3 Å². The Balaban J connectivity index is 1.32. The molecule has 4 heterocycles. The fourth-order valence-corrected chi connectivity index (χ4v) is 5.27. The molecule has 0 bridgehead atoms. The number of ether oxygens (including phenoxy) is 1. The van der Waals surface area contributed by atoms with Crippen LogP contribution in [0, 0.1) is 6.92 Å². The number of pyridine rings is 1. The molecule has 2 aliphatic rings. The molecule has 0 radical (unpaired) electrons. The summed E-state index contributed by atoms with van der Waals surface area (Å²) >= 11 is 1.52. The van der Waals surface area contributed by atoms with Gasteiger partial charge in [-0.25, -0.2) is 4.98 Å². The number of aromatic nitrogens is 1. The van der Waals surface area contributed by atoms with Crippen LogP contribution in [0.25, 0.3) is 10.9 Å². The van der Waals surface area contributed by atoms with E-state index in [4.69, 9.17) is 9.72 Å². The normalized spacial score (nSPS) is 17.4. The number of hydrogen-bond acceptors (Lipinski definition) is 6. The molecule has 5 rings (SSSR count). The van der Waals surface area contributed by atoms with Gasteiger partial charge in [0.25, 0.3) is 11.8 Å². The van der Waals surface area contributed by atoms with Crippen molar-refractivity contribution in [2.45, 2.75) is 25.8 Å². The highest BCUT2D eigenvalue weighted by Crippen LogP contribution is 2.27. The molecular formula is C25H28N4O3S. The minimum atomic E-state index is 0.00812. The first kappa shape index (κ1) is 21.9. The Labute approximate surface area is 197 Å². The summed E-state index contributed by atoms with van der Waals surface area (Å²) in [6.45, 7) is 5.95. The van der Waals surface area contributed by atoms with Gasteiger partial charge in [-0.05, 0) is 44.0 Å². The number of carbonyl (C=O) groups is 2. The number of rotatable bonds is 4. The van der Waals surface area contributed by atoms with Gasteiger partial charge in [0.1, 0.15) is 5.82 Å². The number of carbonyl (C=O) groups excluding carboxylic acids is 2. The standard InChI is InChI=1S/C25H28N4O3S/c1-17-6-7-22(33-17)24(30)26-18-8-10-28(11-9-18)23-16-20(19-4-2-3-5-21(19)27-23)25(31)29-12-14-32-15-13-29/h2-7,16,18H,8-15H2,1H3,(H,26,30). The van der Waals surface area contributed by atoms with Gasteiger partial charge in [0.2, 0.25) is 0 Å². The number of nitrogens with zero attached hydrogens (tertiary/aromatic N) is 3. The topological polar surface area (TPSA) is 74.8 Å².